The van der Waals surface area contributed by atoms with E-state index in [2.05, 4.69) is 34.4 Å². The van der Waals surface area contributed by atoms with Crippen LogP contribution in [0.1, 0.15) is 39.0 Å². The van der Waals surface area contributed by atoms with Crippen LogP contribution in [0.3, 0.4) is 0 Å². The van der Waals surface area contributed by atoms with E-state index in [0.29, 0.717) is 41.9 Å². The van der Waals surface area contributed by atoms with Gasteiger partial charge in [-0.2, -0.15) is 0 Å². The van der Waals surface area contributed by atoms with Gasteiger partial charge in [-0.25, -0.2) is 9.97 Å². The molecule has 3 rings (SSSR count). The van der Waals surface area contributed by atoms with Crippen LogP contribution in [0.25, 0.3) is 11.3 Å². The number of nitrogens with zero attached hydrogens (tertiary/aromatic N) is 3. The minimum Gasteiger partial charge on any atom is -0.495 e. The van der Waals surface area contributed by atoms with Crippen LogP contribution in [-0.4, -0.2) is 40.4 Å². The third-order valence-electron chi connectivity index (χ3n) is 4.62. The molecule has 3 aromatic heterocycles. The smallest absolute Gasteiger partial charge is 0.222 e. The van der Waals surface area contributed by atoms with Gasteiger partial charge in [0, 0.05) is 25.0 Å². The fourth-order valence-corrected chi connectivity index (χ4v) is 3.24. The van der Waals surface area contributed by atoms with Gasteiger partial charge in [-0.15, -0.1) is 0 Å². The average Bonchev–Trinajstić information content (AvgIpc) is 2.78. The molecule has 8 heteroatoms. The molecule has 0 saturated carbocycles. The van der Waals surface area contributed by atoms with E-state index in [0.717, 1.165) is 22.5 Å². The van der Waals surface area contributed by atoms with Crippen LogP contribution in [0, 0.1) is 5.41 Å². The Balaban J connectivity index is 2.09. The van der Waals surface area contributed by atoms with Crippen molar-refractivity contribution in [3.8, 4) is 22.9 Å². The normalized spacial score (nSPS) is 10.7. The van der Waals surface area contributed by atoms with Gasteiger partial charge in [-0.1, -0.05) is 0 Å². The molecule has 3 N–H and O–H groups in total. The number of hydrogen-bond acceptors (Lipinski definition) is 8. The van der Waals surface area contributed by atoms with Gasteiger partial charge >= 0.3 is 0 Å². The van der Waals surface area contributed by atoms with Crippen LogP contribution in [0.4, 0.5) is 11.4 Å². The van der Waals surface area contributed by atoms with E-state index in [1.807, 2.05) is 31.2 Å². The summed E-state index contributed by atoms with van der Waals surface area (Å²) in [5.74, 6) is 1.22. The standard InChI is InChI=1S/C24H30N6O2/c1-6-32-24-19(8-7-9-27-24)20-11-21(23(29-15(2)3)22(30-20)16(4)25)28-13-17-10-18(31-5)14-26-12-17/h7-12,14-15,25,29H,6,13H2,1-5H3,(H,28,30). The number of pyridine rings is 3. The highest BCUT2D eigenvalue weighted by Crippen LogP contribution is 2.34. The molecule has 0 unspecified atom stereocenters. The van der Waals surface area contributed by atoms with Gasteiger partial charge in [0.1, 0.15) is 11.4 Å². The Morgan fingerprint density at radius 1 is 1.22 bits per heavy atom. The third-order valence-corrected chi connectivity index (χ3v) is 4.62. The lowest BCUT2D eigenvalue weighted by Gasteiger charge is -2.21. The van der Waals surface area contributed by atoms with Crippen molar-refractivity contribution in [2.45, 2.75) is 40.3 Å². The molecular formula is C24H30N6O2. The molecule has 0 atom stereocenters. The van der Waals surface area contributed by atoms with Gasteiger partial charge in [-0.05, 0) is 57.5 Å². The quantitative estimate of drug-likeness (QED) is 0.395. The highest BCUT2D eigenvalue weighted by Gasteiger charge is 2.18. The van der Waals surface area contributed by atoms with E-state index in [1.165, 1.54) is 0 Å². The maximum Gasteiger partial charge on any atom is 0.222 e. The molecule has 0 aliphatic carbocycles. The first kappa shape index (κ1) is 23.0. The highest BCUT2D eigenvalue weighted by molar-refractivity contribution is 6.03. The minimum absolute atomic E-state index is 0.164. The number of hydrogen-bond donors (Lipinski definition) is 3. The third kappa shape index (κ3) is 5.51. The Labute approximate surface area is 189 Å². The van der Waals surface area contributed by atoms with E-state index < -0.39 is 0 Å². The van der Waals surface area contributed by atoms with Crippen LogP contribution in [0.2, 0.25) is 0 Å². The fourth-order valence-electron chi connectivity index (χ4n) is 3.24. The van der Waals surface area contributed by atoms with Crippen LogP contribution in [0.5, 0.6) is 11.6 Å². The monoisotopic (exact) mass is 434 g/mol. The summed E-state index contributed by atoms with van der Waals surface area (Å²) in [6.45, 7) is 8.80. The first-order chi connectivity index (χ1) is 15.4. The lowest BCUT2D eigenvalue weighted by molar-refractivity contribution is 0.328. The van der Waals surface area contributed by atoms with Crippen LogP contribution < -0.4 is 20.1 Å². The fraction of sp³-hybridized carbons (Fsp3) is 0.333. The van der Waals surface area contributed by atoms with E-state index in [-0.39, 0.29) is 6.04 Å². The summed E-state index contributed by atoms with van der Waals surface area (Å²) in [4.78, 5) is 13.4. The van der Waals surface area contributed by atoms with Crippen molar-refractivity contribution in [2.24, 2.45) is 0 Å². The minimum atomic E-state index is 0.164. The van der Waals surface area contributed by atoms with Crippen molar-refractivity contribution in [1.82, 2.24) is 15.0 Å². The lowest BCUT2D eigenvalue weighted by atomic mass is 10.1. The first-order valence-electron chi connectivity index (χ1n) is 10.6. The molecule has 0 spiro atoms. The topological polar surface area (TPSA) is 105 Å². The number of rotatable bonds is 10. The van der Waals surface area contributed by atoms with Crippen LogP contribution >= 0.6 is 0 Å². The van der Waals surface area contributed by atoms with Gasteiger partial charge in [0.15, 0.2) is 0 Å². The molecule has 168 valence electrons. The number of methoxy groups -OCH3 is 1. The first-order valence-corrected chi connectivity index (χ1v) is 10.6. The van der Waals surface area contributed by atoms with Gasteiger partial charge < -0.3 is 25.5 Å². The SMILES string of the molecule is CCOc1ncccc1-c1cc(NCc2cncc(OC)c2)c(NC(C)C)c(C(C)=N)n1. The number of anilines is 2. The Morgan fingerprint density at radius 3 is 2.72 bits per heavy atom. The second-order valence-electron chi connectivity index (χ2n) is 7.58. The molecule has 0 radical (unpaired) electrons. The average molecular weight is 435 g/mol. The molecule has 0 fully saturated rings. The summed E-state index contributed by atoms with van der Waals surface area (Å²) in [5, 5.41) is 15.3. The molecule has 0 aliphatic rings. The molecule has 32 heavy (non-hydrogen) atoms. The van der Waals surface area contributed by atoms with Crippen molar-refractivity contribution in [3.05, 3.63) is 54.1 Å². The Kier molecular flexibility index (Phi) is 7.59. The molecule has 3 aromatic rings. The van der Waals surface area contributed by atoms with Crippen LogP contribution in [0.15, 0.2) is 42.9 Å². The Morgan fingerprint density at radius 2 is 2.03 bits per heavy atom. The number of aromatic nitrogens is 3. The zero-order valence-electron chi connectivity index (χ0n) is 19.2. The van der Waals surface area contributed by atoms with Gasteiger partial charge in [-0.3, -0.25) is 4.98 Å². The molecule has 0 amide bonds. The molecule has 8 nitrogen and oxygen atoms in total. The van der Waals surface area contributed by atoms with Crippen molar-refractivity contribution < 1.29 is 9.47 Å². The molecule has 3 heterocycles. The second kappa shape index (κ2) is 10.6. The second-order valence-corrected chi connectivity index (χ2v) is 7.58. The predicted molar refractivity (Wildman–Crippen MR) is 128 cm³/mol. The molecular weight excluding hydrogens is 404 g/mol. The summed E-state index contributed by atoms with van der Waals surface area (Å²) in [6.07, 6.45) is 5.17. The van der Waals surface area contributed by atoms with Gasteiger partial charge in [0.05, 0.1) is 48.3 Å². The highest BCUT2D eigenvalue weighted by atomic mass is 16.5. The van der Waals surface area contributed by atoms with E-state index >= 15 is 0 Å². The lowest BCUT2D eigenvalue weighted by Crippen LogP contribution is -2.17. The molecule has 0 bridgehead atoms. The van der Waals surface area contributed by atoms with Crippen molar-refractivity contribution in [1.29, 1.82) is 5.41 Å². The molecule has 0 aliphatic heterocycles. The van der Waals surface area contributed by atoms with Crippen molar-refractivity contribution in [3.63, 3.8) is 0 Å². The van der Waals surface area contributed by atoms with Gasteiger partial charge in [0.2, 0.25) is 5.88 Å². The van der Waals surface area contributed by atoms with E-state index in [4.69, 9.17) is 19.9 Å². The predicted octanol–water partition coefficient (Wildman–Crippen LogP) is 4.77. The zero-order valence-corrected chi connectivity index (χ0v) is 19.2. The van der Waals surface area contributed by atoms with Crippen molar-refractivity contribution in [2.75, 3.05) is 24.4 Å². The number of nitrogens with one attached hydrogen (secondary N) is 3. The zero-order chi connectivity index (χ0) is 23.1. The van der Waals surface area contributed by atoms with E-state index in [9.17, 15) is 0 Å². The molecule has 0 saturated heterocycles. The number of ether oxygens (including phenoxy) is 2. The largest absolute Gasteiger partial charge is 0.495 e. The summed E-state index contributed by atoms with van der Waals surface area (Å²) >= 11 is 0. The maximum absolute atomic E-state index is 8.36. The maximum atomic E-state index is 8.36. The summed E-state index contributed by atoms with van der Waals surface area (Å²) in [6, 6.07) is 7.84. The molecule has 0 aromatic carbocycles. The van der Waals surface area contributed by atoms with Gasteiger partial charge in [0.25, 0.3) is 0 Å². The summed E-state index contributed by atoms with van der Waals surface area (Å²) in [7, 11) is 1.62. The van der Waals surface area contributed by atoms with Crippen molar-refractivity contribution >= 4 is 17.1 Å². The van der Waals surface area contributed by atoms with Crippen LogP contribution in [-0.2, 0) is 6.54 Å². The summed E-state index contributed by atoms with van der Waals surface area (Å²) in [5.41, 5.74) is 5.00. The summed E-state index contributed by atoms with van der Waals surface area (Å²) < 4.78 is 11.0. The van der Waals surface area contributed by atoms with E-state index in [1.54, 1.807) is 32.6 Å². The Bertz CT molecular complexity index is 1080. The Hall–Kier alpha value is -3.68.